The Hall–Kier alpha value is -3.19. The molecule has 7 heteroatoms. The molecule has 3 heterocycles. The van der Waals surface area contributed by atoms with Crippen LogP contribution in [0.4, 0.5) is 4.79 Å². The predicted octanol–water partition coefficient (Wildman–Crippen LogP) is 3.43. The largest absolute Gasteiger partial charge is 0.330 e. The lowest BCUT2D eigenvalue weighted by atomic mass is 9.85. The molecule has 0 aliphatic carbocycles. The molecule has 5 rings (SSSR count). The molecule has 2 fully saturated rings. The van der Waals surface area contributed by atoms with E-state index in [1.165, 1.54) is 10.5 Å². The number of imide groups is 1. The summed E-state index contributed by atoms with van der Waals surface area (Å²) >= 11 is 0. The van der Waals surface area contributed by atoms with Crippen molar-refractivity contribution < 1.29 is 9.59 Å². The highest BCUT2D eigenvalue weighted by atomic mass is 16.2. The molecular formula is C26H31N5O2. The number of imidazole rings is 1. The maximum Gasteiger partial charge on any atom is 0.327 e. The summed E-state index contributed by atoms with van der Waals surface area (Å²) in [5, 5.41) is 0. The van der Waals surface area contributed by atoms with Crippen LogP contribution in [0, 0.1) is 0 Å². The number of aromatic nitrogens is 2. The summed E-state index contributed by atoms with van der Waals surface area (Å²) in [6.45, 7) is 5.14. The standard InChI is InChI=1S/C26H31N5O2/c1-3-30-24(32)26(31(25(30)33)16-13-20-9-5-4-6-10-20)14-17-29(18-15-26)19-23-27-21-11-7-8-12-22(21)28(23)2/h4-12H,3,13-19H2,1-2H3. The van der Waals surface area contributed by atoms with Crippen molar-refractivity contribution in [1.29, 1.82) is 0 Å². The van der Waals surface area contributed by atoms with Crippen LogP contribution < -0.4 is 0 Å². The van der Waals surface area contributed by atoms with Crippen LogP contribution in [0.15, 0.2) is 54.6 Å². The molecule has 3 aromatic rings. The van der Waals surface area contributed by atoms with E-state index in [9.17, 15) is 9.59 Å². The van der Waals surface area contributed by atoms with Crippen molar-refractivity contribution in [3.63, 3.8) is 0 Å². The second-order valence-corrected chi connectivity index (χ2v) is 9.10. The Kier molecular flexibility index (Phi) is 5.66. The van der Waals surface area contributed by atoms with Gasteiger partial charge in [0.15, 0.2) is 0 Å². The first-order valence-electron chi connectivity index (χ1n) is 11.8. The molecule has 0 radical (unpaired) electrons. The van der Waals surface area contributed by atoms with E-state index in [1.807, 2.05) is 48.2 Å². The number of benzene rings is 2. The fraction of sp³-hybridized carbons (Fsp3) is 0.423. The van der Waals surface area contributed by atoms with Gasteiger partial charge in [-0.25, -0.2) is 9.78 Å². The molecule has 2 saturated heterocycles. The number of urea groups is 1. The predicted molar refractivity (Wildman–Crippen MR) is 128 cm³/mol. The van der Waals surface area contributed by atoms with Crippen molar-refractivity contribution >= 4 is 23.0 Å². The molecule has 0 unspecified atom stereocenters. The summed E-state index contributed by atoms with van der Waals surface area (Å²) in [5.74, 6) is 1.00. The molecule has 3 amide bonds. The lowest BCUT2D eigenvalue weighted by Gasteiger charge is -2.42. The molecule has 2 aliphatic rings. The van der Waals surface area contributed by atoms with Crippen molar-refractivity contribution in [3.05, 3.63) is 66.0 Å². The fourth-order valence-corrected chi connectivity index (χ4v) is 5.36. The van der Waals surface area contributed by atoms with Gasteiger partial charge in [0.25, 0.3) is 5.91 Å². The van der Waals surface area contributed by atoms with Gasteiger partial charge in [-0.05, 0) is 43.9 Å². The molecule has 7 nitrogen and oxygen atoms in total. The lowest BCUT2D eigenvalue weighted by molar-refractivity contribution is -0.135. The van der Waals surface area contributed by atoms with E-state index in [1.54, 1.807) is 0 Å². The number of likely N-dealkylation sites (N-methyl/N-ethyl adjacent to an activating group) is 1. The quantitative estimate of drug-likeness (QED) is 0.546. The SMILES string of the molecule is CCN1C(=O)N(CCc2ccccc2)C2(CCN(Cc3nc4ccccc4n3C)CC2)C1=O. The molecule has 0 saturated carbocycles. The van der Waals surface area contributed by atoms with Gasteiger partial charge < -0.3 is 9.47 Å². The van der Waals surface area contributed by atoms with Gasteiger partial charge in [0.1, 0.15) is 11.4 Å². The minimum atomic E-state index is -0.718. The smallest absolute Gasteiger partial charge is 0.327 e. The van der Waals surface area contributed by atoms with Crippen LogP contribution in [0.25, 0.3) is 11.0 Å². The third-order valence-electron chi connectivity index (χ3n) is 7.33. The summed E-state index contributed by atoms with van der Waals surface area (Å²) in [7, 11) is 2.06. The maximum absolute atomic E-state index is 13.4. The van der Waals surface area contributed by atoms with Gasteiger partial charge >= 0.3 is 6.03 Å². The second-order valence-electron chi connectivity index (χ2n) is 9.10. The molecule has 0 atom stereocenters. The Morgan fingerprint density at radius 2 is 1.67 bits per heavy atom. The van der Waals surface area contributed by atoms with E-state index in [-0.39, 0.29) is 11.9 Å². The first-order chi connectivity index (χ1) is 16.0. The second kappa shape index (κ2) is 8.63. The maximum atomic E-state index is 13.4. The van der Waals surface area contributed by atoms with Crippen LogP contribution in [-0.4, -0.2) is 67.9 Å². The summed E-state index contributed by atoms with van der Waals surface area (Å²) in [4.78, 5) is 37.0. The van der Waals surface area contributed by atoms with E-state index >= 15 is 0 Å². The third kappa shape index (κ3) is 3.70. The molecule has 33 heavy (non-hydrogen) atoms. The Balaban J connectivity index is 1.32. The number of fused-ring (bicyclic) bond motifs is 1. The van der Waals surface area contributed by atoms with Crippen LogP contribution >= 0.6 is 0 Å². The first-order valence-corrected chi connectivity index (χ1v) is 11.8. The molecule has 0 bridgehead atoms. The number of carbonyl (C=O) groups excluding carboxylic acids is 2. The molecule has 1 aromatic heterocycles. The molecule has 2 aliphatic heterocycles. The number of piperidine rings is 1. The average Bonchev–Trinajstić information content (AvgIpc) is 3.25. The van der Waals surface area contributed by atoms with Gasteiger partial charge in [-0.2, -0.15) is 0 Å². The number of hydrogen-bond acceptors (Lipinski definition) is 4. The van der Waals surface area contributed by atoms with Crippen molar-refractivity contribution in [2.45, 2.75) is 38.3 Å². The van der Waals surface area contributed by atoms with Gasteiger partial charge in [-0.3, -0.25) is 14.6 Å². The summed E-state index contributed by atoms with van der Waals surface area (Å²) in [5.41, 5.74) is 2.60. The topological polar surface area (TPSA) is 61.7 Å². The van der Waals surface area contributed by atoms with Gasteiger partial charge in [-0.1, -0.05) is 42.5 Å². The first kappa shape index (κ1) is 21.6. The molecule has 172 valence electrons. The van der Waals surface area contributed by atoms with Gasteiger partial charge in [0, 0.05) is 33.2 Å². The van der Waals surface area contributed by atoms with Crippen LogP contribution in [0.1, 0.15) is 31.2 Å². The molecular weight excluding hydrogens is 414 g/mol. The number of carbonyl (C=O) groups is 2. The zero-order chi connectivity index (χ0) is 23.0. The fourth-order valence-electron chi connectivity index (χ4n) is 5.36. The monoisotopic (exact) mass is 445 g/mol. The summed E-state index contributed by atoms with van der Waals surface area (Å²) in [6.07, 6.45) is 2.07. The Morgan fingerprint density at radius 3 is 2.36 bits per heavy atom. The van der Waals surface area contributed by atoms with E-state index in [4.69, 9.17) is 4.98 Å². The van der Waals surface area contributed by atoms with Crippen molar-refractivity contribution in [1.82, 2.24) is 24.3 Å². The number of aryl methyl sites for hydroxylation is 1. The van der Waals surface area contributed by atoms with Crippen LogP contribution in [0.3, 0.4) is 0 Å². The average molecular weight is 446 g/mol. The molecule has 2 aromatic carbocycles. The Bertz CT molecular complexity index is 1160. The Labute approximate surface area is 194 Å². The van der Waals surface area contributed by atoms with Crippen LogP contribution in [0.5, 0.6) is 0 Å². The number of para-hydroxylation sites is 2. The highest BCUT2D eigenvalue weighted by Crippen LogP contribution is 2.37. The van der Waals surface area contributed by atoms with E-state index in [2.05, 4.69) is 34.7 Å². The number of rotatable bonds is 6. The summed E-state index contributed by atoms with van der Waals surface area (Å²) in [6, 6.07) is 18.2. The van der Waals surface area contributed by atoms with Crippen molar-refractivity contribution in [2.24, 2.45) is 7.05 Å². The third-order valence-corrected chi connectivity index (χ3v) is 7.33. The van der Waals surface area contributed by atoms with Crippen LogP contribution in [-0.2, 0) is 24.8 Å². The number of nitrogens with zero attached hydrogens (tertiary/aromatic N) is 5. The zero-order valence-corrected chi connectivity index (χ0v) is 19.4. The lowest BCUT2D eigenvalue weighted by Crippen LogP contribution is -2.56. The van der Waals surface area contributed by atoms with Crippen molar-refractivity contribution in [3.8, 4) is 0 Å². The molecule has 1 spiro atoms. The van der Waals surface area contributed by atoms with Crippen molar-refractivity contribution in [2.75, 3.05) is 26.2 Å². The molecule has 0 N–H and O–H groups in total. The van der Waals surface area contributed by atoms with E-state index in [0.717, 1.165) is 42.9 Å². The highest BCUT2D eigenvalue weighted by Gasteiger charge is 2.57. The zero-order valence-electron chi connectivity index (χ0n) is 19.4. The van der Waals surface area contributed by atoms with E-state index < -0.39 is 5.54 Å². The van der Waals surface area contributed by atoms with E-state index in [0.29, 0.717) is 25.9 Å². The minimum absolute atomic E-state index is 0.0227. The van der Waals surface area contributed by atoms with Crippen LogP contribution in [0.2, 0.25) is 0 Å². The van der Waals surface area contributed by atoms with Gasteiger partial charge in [0.2, 0.25) is 0 Å². The van der Waals surface area contributed by atoms with Gasteiger partial charge in [0.05, 0.1) is 17.6 Å². The summed E-state index contributed by atoms with van der Waals surface area (Å²) < 4.78 is 2.15. The highest BCUT2D eigenvalue weighted by molar-refractivity contribution is 6.07. The number of likely N-dealkylation sites (tertiary alicyclic amines) is 1. The Morgan fingerprint density at radius 1 is 0.970 bits per heavy atom. The normalized spacial score (nSPS) is 18.7. The minimum Gasteiger partial charge on any atom is -0.330 e. The number of amides is 3. The van der Waals surface area contributed by atoms with Gasteiger partial charge in [-0.15, -0.1) is 0 Å². The number of hydrogen-bond donors (Lipinski definition) is 0.